The van der Waals surface area contributed by atoms with Gasteiger partial charge in [-0.2, -0.15) is 0 Å². The number of aliphatic imine (C=N–C) groups is 2. The van der Waals surface area contributed by atoms with Crippen molar-refractivity contribution in [3.05, 3.63) is 144 Å². The third-order valence-corrected chi connectivity index (χ3v) is 9.65. The Balaban J connectivity index is 0.000000275. The summed E-state index contributed by atoms with van der Waals surface area (Å²) in [7, 11) is -7.56. The summed E-state index contributed by atoms with van der Waals surface area (Å²) in [5.74, 6) is 0.217. The van der Waals surface area contributed by atoms with Crippen molar-refractivity contribution in [2.75, 3.05) is 9.44 Å². The molecule has 295 valence electrons. The van der Waals surface area contributed by atoms with Gasteiger partial charge in [-0.1, -0.05) is 24.3 Å². The van der Waals surface area contributed by atoms with Gasteiger partial charge in [0.15, 0.2) is 0 Å². The Kier molecular flexibility index (Phi) is 16.5. The molecule has 4 aromatic carbocycles. The molecule has 6 aromatic rings. The second-order valence-electron chi connectivity index (χ2n) is 11.5. The van der Waals surface area contributed by atoms with Crippen LogP contribution >= 0.6 is 0 Å². The molecule has 1 radical (unpaired) electrons. The number of rotatable bonds is 10. The van der Waals surface area contributed by atoms with Gasteiger partial charge in [0.1, 0.15) is 0 Å². The quantitative estimate of drug-likeness (QED) is 0.141. The Morgan fingerprint density at radius 2 is 0.930 bits per heavy atom. The number of para-hydroxylation sites is 2. The number of hydrogen-bond donors (Lipinski definition) is 2. The molecule has 0 saturated heterocycles. The zero-order chi connectivity index (χ0) is 40.7. The first-order valence-electron chi connectivity index (χ1n) is 16.4. The van der Waals surface area contributed by atoms with E-state index in [9.17, 15) is 16.8 Å². The van der Waals surface area contributed by atoms with Crippen molar-refractivity contribution in [3.8, 4) is 11.5 Å². The molecule has 0 aliphatic carbocycles. The number of aryl methyl sites for hydroxylation is 2. The molecule has 0 amide bonds. The number of nitrogens with one attached hydrogen (secondary N) is 2. The number of benzene rings is 4. The van der Waals surface area contributed by atoms with Crippen LogP contribution in [-0.4, -0.2) is 70.5 Å². The fourth-order valence-corrected chi connectivity index (χ4v) is 6.19. The molecule has 0 aliphatic heterocycles. The average molecular weight is 859 g/mol. The number of anilines is 2. The van der Waals surface area contributed by atoms with Crippen molar-refractivity contribution in [1.82, 2.24) is 19.9 Å². The van der Waals surface area contributed by atoms with Crippen LogP contribution in [0.1, 0.15) is 29.4 Å². The number of carbonyl (C=O) groups is 1. The maximum Gasteiger partial charge on any atom is 2.00 e. The summed E-state index contributed by atoms with van der Waals surface area (Å²) < 4.78 is 54.3. The maximum atomic E-state index is 12.4. The topological polar surface area (TPSA) is 254 Å². The smallest absolute Gasteiger partial charge is 0.593 e. The summed E-state index contributed by atoms with van der Waals surface area (Å²) in [5, 5.41) is 21.5. The SMILES string of the molecule is CC(=O)[OH2+].Cc1ccnc(NS(=O)(=O)c2ccc(N=Cc3ccccc3[OH2+])cc2)n1.Cc1ccnc(NS(=O)(=O)c2ccc(N=Cc3ccccc3[OH2+])cc2)n1.[Co+2]. The zero-order valence-electron chi connectivity index (χ0n) is 30.6. The number of nitrogens with zero attached hydrogens (tertiary/aromatic N) is 6. The molecule has 57 heavy (non-hydrogen) atoms. The van der Waals surface area contributed by atoms with Crippen LogP contribution in [0, 0.1) is 13.8 Å². The van der Waals surface area contributed by atoms with Crippen LogP contribution in [0.15, 0.2) is 141 Å². The molecule has 0 bridgehead atoms. The third-order valence-electron chi connectivity index (χ3n) is 6.96. The first kappa shape index (κ1) is 44.9. The van der Waals surface area contributed by atoms with Crippen molar-refractivity contribution in [2.45, 2.75) is 30.6 Å². The molecular formula is C38H39CoN8O8S2+5. The molecule has 2 heterocycles. The van der Waals surface area contributed by atoms with Crippen molar-refractivity contribution in [2.24, 2.45) is 9.98 Å². The van der Waals surface area contributed by atoms with E-state index in [2.05, 4.69) is 39.4 Å². The minimum Gasteiger partial charge on any atom is -0.593 e. The minimum absolute atomic E-state index is 0. The Morgan fingerprint density at radius 3 is 1.25 bits per heavy atom. The van der Waals surface area contributed by atoms with E-state index in [0.717, 1.165) is 0 Å². The Hall–Kier alpha value is -6.54. The van der Waals surface area contributed by atoms with Gasteiger partial charge in [0.25, 0.3) is 31.5 Å². The maximum absolute atomic E-state index is 12.4. The monoisotopic (exact) mass is 858 g/mol. The van der Waals surface area contributed by atoms with Crippen LogP contribution in [0.4, 0.5) is 23.3 Å². The molecule has 0 saturated carbocycles. The molecule has 2 aromatic heterocycles. The van der Waals surface area contributed by atoms with Gasteiger partial charge in [-0.05, 0) is 86.6 Å². The standard InChI is InChI=1S/2C18H16N4O3S.C2H4O2.Co/c2*1-13-10-11-19-18(21-13)22-26(24,25)16-8-6-15(7-9-16)20-12-14-4-2-3-5-17(14)23;1-2(3)4;/h2*2-12,23H,1H3,(H,19,21,22);1H3,(H,3,4);/q;;;+2/p+3. The van der Waals surface area contributed by atoms with Gasteiger partial charge in [-0.25, -0.2) is 46.2 Å². The van der Waals surface area contributed by atoms with Crippen LogP contribution in [0.5, 0.6) is 11.5 Å². The first-order valence-corrected chi connectivity index (χ1v) is 19.3. The average Bonchev–Trinajstić information content (AvgIpc) is 3.14. The summed E-state index contributed by atoms with van der Waals surface area (Å²) in [6, 6.07) is 29.7. The molecule has 16 nitrogen and oxygen atoms in total. The summed E-state index contributed by atoms with van der Waals surface area (Å²) in [5.41, 5.74) is 3.86. The van der Waals surface area contributed by atoms with Gasteiger partial charge in [0.2, 0.25) is 11.9 Å². The molecule has 0 spiro atoms. The molecule has 0 aliphatic rings. The molecule has 0 atom stereocenters. The van der Waals surface area contributed by atoms with E-state index in [1.54, 1.807) is 99.1 Å². The largest absolute Gasteiger partial charge is 2.00 e. The van der Waals surface area contributed by atoms with E-state index in [4.69, 9.17) is 20.1 Å². The molecule has 8 N–H and O–H groups in total. The van der Waals surface area contributed by atoms with Crippen LogP contribution in [0.3, 0.4) is 0 Å². The predicted molar refractivity (Wildman–Crippen MR) is 216 cm³/mol. The number of aromatic nitrogens is 4. The van der Waals surface area contributed by atoms with E-state index in [1.807, 2.05) is 12.1 Å². The summed E-state index contributed by atoms with van der Waals surface area (Å²) >= 11 is 0. The minimum atomic E-state index is -3.78. The summed E-state index contributed by atoms with van der Waals surface area (Å²) in [4.78, 5) is 33.7. The van der Waals surface area contributed by atoms with Crippen LogP contribution in [-0.2, 0) is 41.6 Å². The van der Waals surface area contributed by atoms with Gasteiger partial charge in [0.05, 0.1) is 39.2 Å². The molecule has 0 unspecified atom stereocenters. The van der Waals surface area contributed by atoms with E-state index in [0.29, 0.717) is 45.4 Å². The molecular weight excluding hydrogens is 820 g/mol. The van der Waals surface area contributed by atoms with Crippen molar-refractivity contribution >= 4 is 61.7 Å². The van der Waals surface area contributed by atoms with Crippen LogP contribution in [0.25, 0.3) is 0 Å². The van der Waals surface area contributed by atoms with E-state index in [1.165, 1.54) is 43.6 Å². The van der Waals surface area contributed by atoms with Crippen molar-refractivity contribution < 1.29 is 53.7 Å². The Labute approximate surface area is 339 Å². The number of hydrogen-bond acceptors (Lipinski definition) is 11. The first-order chi connectivity index (χ1) is 26.6. The second kappa shape index (κ2) is 20.9. The molecule has 0 fully saturated rings. The molecule has 19 heteroatoms. The van der Waals surface area contributed by atoms with Gasteiger partial charge < -0.3 is 15.3 Å². The predicted octanol–water partition coefficient (Wildman–Crippen LogP) is 4.80. The number of sulfonamides is 2. The Bertz CT molecular complexity index is 2380. The number of carbonyl (C=O) groups excluding carboxylic acids is 1. The van der Waals surface area contributed by atoms with E-state index in [-0.39, 0.29) is 38.5 Å². The van der Waals surface area contributed by atoms with Gasteiger partial charge >= 0.3 is 22.7 Å². The summed E-state index contributed by atoms with van der Waals surface area (Å²) in [6.45, 7) is 4.70. The van der Waals surface area contributed by atoms with Gasteiger partial charge in [-0.15, -0.1) is 0 Å². The fraction of sp³-hybridized carbons (Fsp3) is 0.0789. The third kappa shape index (κ3) is 14.6. The van der Waals surface area contributed by atoms with Crippen LogP contribution < -0.4 is 9.44 Å². The normalized spacial score (nSPS) is 11.0. The fourth-order valence-electron chi connectivity index (χ4n) is 4.28. The Morgan fingerprint density at radius 1 is 0.596 bits per heavy atom. The zero-order valence-corrected chi connectivity index (χ0v) is 33.3. The van der Waals surface area contributed by atoms with E-state index >= 15 is 0 Å². The van der Waals surface area contributed by atoms with Crippen LogP contribution in [0.2, 0.25) is 0 Å². The summed E-state index contributed by atoms with van der Waals surface area (Å²) in [6.07, 6.45) is 6.12. The van der Waals surface area contributed by atoms with Gasteiger partial charge in [0, 0.05) is 53.1 Å². The van der Waals surface area contributed by atoms with Crippen molar-refractivity contribution in [3.63, 3.8) is 0 Å². The van der Waals surface area contributed by atoms with E-state index < -0.39 is 26.0 Å². The van der Waals surface area contributed by atoms with Crippen molar-refractivity contribution in [1.29, 1.82) is 0 Å². The molecule has 6 rings (SSSR count). The van der Waals surface area contributed by atoms with Gasteiger partial charge in [-0.3, -0.25) is 9.98 Å². The second-order valence-corrected chi connectivity index (χ2v) is 14.9.